The highest BCUT2D eigenvalue weighted by atomic mass is 35.5. The van der Waals surface area contributed by atoms with Gasteiger partial charge in [0.05, 0.1) is 33.6 Å². The van der Waals surface area contributed by atoms with Gasteiger partial charge in [-0.05, 0) is 53.6 Å². The summed E-state index contributed by atoms with van der Waals surface area (Å²) in [5.41, 5.74) is 6.71. The summed E-state index contributed by atoms with van der Waals surface area (Å²) in [5, 5.41) is 9.18. The maximum absolute atomic E-state index is 12.2. The van der Waals surface area contributed by atoms with E-state index in [1.807, 2.05) is 0 Å². The van der Waals surface area contributed by atoms with Crippen molar-refractivity contribution >= 4 is 70.6 Å². The van der Waals surface area contributed by atoms with Crippen molar-refractivity contribution in [2.24, 2.45) is 10.2 Å². The molecular weight excluding hydrogens is 494 g/mol. The SMILES string of the molecule is O=C(N/N=C/c1cccc(/C=N/NC(=O)c2ccc(Cl)cc2Cl)c1)c1ccc(Cl)cc1Cl. The smallest absolute Gasteiger partial charge is 0.267 e. The van der Waals surface area contributed by atoms with E-state index in [0.29, 0.717) is 21.2 Å². The molecule has 2 N–H and O–H groups in total. The fraction of sp³-hybridized carbons (Fsp3) is 0. The molecule has 0 heterocycles. The lowest BCUT2D eigenvalue weighted by Gasteiger charge is -2.03. The molecule has 0 saturated carbocycles. The van der Waals surface area contributed by atoms with Gasteiger partial charge in [-0.2, -0.15) is 10.2 Å². The summed E-state index contributed by atoms with van der Waals surface area (Å²) >= 11 is 23.7. The van der Waals surface area contributed by atoms with Crippen LogP contribution in [0.4, 0.5) is 0 Å². The van der Waals surface area contributed by atoms with Crippen LogP contribution in [0.1, 0.15) is 31.8 Å². The number of nitrogens with zero attached hydrogens (tertiary/aromatic N) is 2. The second-order valence-corrected chi connectivity index (χ2v) is 8.00. The number of hydrazone groups is 2. The van der Waals surface area contributed by atoms with Crippen LogP contribution in [0.2, 0.25) is 20.1 Å². The molecule has 0 aliphatic rings. The summed E-state index contributed by atoms with van der Waals surface area (Å²) in [6, 6.07) is 16.2. The van der Waals surface area contributed by atoms with E-state index >= 15 is 0 Å². The van der Waals surface area contributed by atoms with Gasteiger partial charge in [-0.1, -0.05) is 64.6 Å². The van der Waals surface area contributed by atoms with Gasteiger partial charge in [-0.3, -0.25) is 9.59 Å². The van der Waals surface area contributed by atoms with Crippen molar-refractivity contribution < 1.29 is 9.59 Å². The van der Waals surface area contributed by atoms with E-state index in [9.17, 15) is 9.59 Å². The second-order valence-electron chi connectivity index (χ2n) is 6.32. The Morgan fingerprint density at radius 2 is 1.09 bits per heavy atom. The van der Waals surface area contributed by atoms with Crippen LogP contribution < -0.4 is 10.9 Å². The molecule has 0 fully saturated rings. The van der Waals surface area contributed by atoms with Crippen molar-refractivity contribution in [2.45, 2.75) is 0 Å². The Balaban J connectivity index is 1.60. The molecule has 32 heavy (non-hydrogen) atoms. The number of carbonyl (C=O) groups excluding carboxylic acids is 2. The van der Waals surface area contributed by atoms with E-state index in [1.165, 1.54) is 36.7 Å². The van der Waals surface area contributed by atoms with Gasteiger partial charge in [0.2, 0.25) is 0 Å². The van der Waals surface area contributed by atoms with Crippen molar-refractivity contribution in [1.82, 2.24) is 10.9 Å². The highest BCUT2D eigenvalue weighted by Gasteiger charge is 2.10. The van der Waals surface area contributed by atoms with Crippen LogP contribution in [-0.4, -0.2) is 24.2 Å². The van der Waals surface area contributed by atoms with Gasteiger partial charge < -0.3 is 0 Å². The fourth-order valence-electron chi connectivity index (χ4n) is 2.52. The van der Waals surface area contributed by atoms with Crippen LogP contribution in [0.15, 0.2) is 70.9 Å². The second kappa shape index (κ2) is 11.1. The number of benzene rings is 3. The summed E-state index contributed by atoms with van der Waals surface area (Å²) in [6.45, 7) is 0. The van der Waals surface area contributed by atoms with E-state index in [-0.39, 0.29) is 21.2 Å². The predicted molar refractivity (Wildman–Crippen MR) is 129 cm³/mol. The topological polar surface area (TPSA) is 82.9 Å². The molecule has 162 valence electrons. The number of nitrogens with one attached hydrogen (secondary N) is 2. The number of hydrogen-bond donors (Lipinski definition) is 2. The zero-order valence-corrected chi connectivity index (χ0v) is 19.2. The van der Waals surface area contributed by atoms with Gasteiger partial charge in [0.25, 0.3) is 11.8 Å². The molecule has 0 spiro atoms. The zero-order valence-electron chi connectivity index (χ0n) is 16.2. The number of halogens is 4. The van der Waals surface area contributed by atoms with Crippen LogP contribution in [0, 0.1) is 0 Å². The molecule has 3 aromatic rings. The van der Waals surface area contributed by atoms with E-state index in [1.54, 1.807) is 36.4 Å². The summed E-state index contributed by atoms with van der Waals surface area (Å²) in [5.74, 6) is -0.937. The first-order valence-corrected chi connectivity index (χ1v) is 10.5. The molecule has 0 radical (unpaired) electrons. The highest BCUT2D eigenvalue weighted by Crippen LogP contribution is 2.21. The van der Waals surface area contributed by atoms with Gasteiger partial charge in [-0.15, -0.1) is 0 Å². The Morgan fingerprint density at radius 1 is 0.656 bits per heavy atom. The van der Waals surface area contributed by atoms with Crippen molar-refractivity contribution in [3.63, 3.8) is 0 Å². The number of carbonyl (C=O) groups is 2. The van der Waals surface area contributed by atoms with Crippen LogP contribution in [0.25, 0.3) is 0 Å². The lowest BCUT2D eigenvalue weighted by atomic mass is 10.1. The Labute approximate surface area is 203 Å². The minimum atomic E-state index is -0.468. The summed E-state index contributed by atoms with van der Waals surface area (Å²) in [6.07, 6.45) is 2.93. The largest absolute Gasteiger partial charge is 0.272 e. The number of hydrogen-bond acceptors (Lipinski definition) is 4. The maximum Gasteiger partial charge on any atom is 0.272 e. The first-order valence-electron chi connectivity index (χ1n) is 9.00. The van der Waals surface area contributed by atoms with Gasteiger partial charge in [0.1, 0.15) is 0 Å². The van der Waals surface area contributed by atoms with Gasteiger partial charge in [-0.25, -0.2) is 10.9 Å². The number of rotatable bonds is 6. The van der Waals surface area contributed by atoms with Crippen LogP contribution >= 0.6 is 46.4 Å². The summed E-state index contributed by atoms with van der Waals surface area (Å²) in [7, 11) is 0. The Morgan fingerprint density at radius 3 is 1.50 bits per heavy atom. The quantitative estimate of drug-likeness (QED) is 0.325. The molecule has 0 aliphatic heterocycles. The van der Waals surface area contributed by atoms with E-state index in [0.717, 1.165) is 0 Å². The first kappa shape index (κ1) is 23.8. The normalized spacial score (nSPS) is 11.1. The van der Waals surface area contributed by atoms with Gasteiger partial charge >= 0.3 is 0 Å². The maximum atomic E-state index is 12.2. The lowest BCUT2D eigenvalue weighted by molar-refractivity contribution is 0.0947. The summed E-state index contributed by atoms with van der Waals surface area (Å²) in [4.78, 5) is 24.3. The van der Waals surface area contributed by atoms with Crippen molar-refractivity contribution in [1.29, 1.82) is 0 Å². The molecule has 0 aliphatic carbocycles. The van der Waals surface area contributed by atoms with Crippen LogP contribution in [-0.2, 0) is 0 Å². The average Bonchev–Trinajstić information content (AvgIpc) is 2.74. The molecule has 0 unspecified atom stereocenters. The van der Waals surface area contributed by atoms with E-state index in [2.05, 4.69) is 21.1 Å². The molecule has 3 aromatic carbocycles. The molecule has 10 heteroatoms. The highest BCUT2D eigenvalue weighted by molar-refractivity contribution is 6.37. The molecule has 0 atom stereocenters. The molecule has 0 saturated heterocycles. The first-order chi connectivity index (χ1) is 15.3. The lowest BCUT2D eigenvalue weighted by Crippen LogP contribution is -2.18. The van der Waals surface area contributed by atoms with Gasteiger partial charge in [0, 0.05) is 10.0 Å². The van der Waals surface area contributed by atoms with Crippen molar-refractivity contribution in [3.8, 4) is 0 Å². The van der Waals surface area contributed by atoms with Crippen molar-refractivity contribution in [3.05, 3.63) is 103 Å². The number of amides is 2. The summed E-state index contributed by atoms with van der Waals surface area (Å²) < 4.78 is 0. The molecule has 2 amide bonds. The van der Waals surface area contributed by atoms with Crippen LogP contribution in [0.3, 0.4) is 0 Å². The van der Waals surface area contributed by atoms with Crippen molar-refractivity contribution in [2.75, 3.05) is 0 Å². The molecule has 0 aromatic heterocycles. The third-order valence-electron chi connectivity index (χ3n) is 4.02. The molecule has 6 nitrogen and oxygen atoms in total. The standard InChI is InChI=1S/C22H14Cl4N4O2/c23-15-4-6-17(19(25)9-15)21(31)29-27-11-13-2-1-3-14(8-13)12-28-30-22(32)18-7-5-16(24)10-20(18)26/h1-12H,(H,29,31)(H,30,32)/b27-11+,28-12+. The minimum Gasteiger partial charge on any atom is -0.267 e. The Hall–Kier alpha value is -2.90. The molecule has 0 bridgehead atoms. The third-order valence-corrected chi connectivity index (χ3v) is 5.12. The van der Waals surface area contributed by atoms with E-state index in [4.69, 9.17) is 46.4 Å². The third kappa shape index (κ3) is 6.55. The zero-order chi connectivity index (χ0) is 23.1. The fourth-order valence-corrected chi connectivity index (χ4v) is 3.51. The minimum absolute atomic E-state index is 0.227. The van der Waals surface area contributed by atoms with Crippen LogP contribution in [0.5, 0.6) is 0 Å². The Bertz CT molecular complexity index is 1140. The average molecular weight is 508 g/mol. The predicted octanol–water partition coefficient (Wildman–Crippen LogP) is 5.83. The van der Waals surface area contributed by atoms with Gasteiger partial charge in [0.15, 0.2) is 0 Å². The molecule has 3 rings (SSSR count). The monoisotopic (exact) mass is 506 g/mol. The molecular formula is C22H14Cl4N4O2. The van der Waals surface area contributed by atoms with E-state index < -0.39 is 11.8 Å². The Kier molecular flexibility index (Phi) is 8.25.